The number of aromatic nitrogens is 4. The van der Waals surface area contributed by atoms with Crippen molar-refractivity contribution in [3.63, 3.8) is 0 Å². The van der Waals surface area contributed by atoms with Gasteiger partial charge in [0.05, 0.1) is 17.0 Å². The molecular formula is C19H14F3N7O2S. The van der Waals surface area contributed by atoms with Crippen LogP contribution in [0.1, 0.15) is 11.5 Å². The molecule has 4 rings (SSSR count). The number of nitrogens with zero attached hydrogens (tertiary/aromatic N) is 4. The molecule has 1 aliphatic heterocycles. The van der Waals surface area contributed by atoms with Crippen LogP contribution >= 0.6 is 11.8 Å². The lowest BCUT2D eigenvalue weighted by atomic mass is 10.2. The standard InChI is InChI=1S/C19H14F3N7O2S/c20-19(21,22)13-3-4-25-17(28-13)15(16(23)31)18-27-11-7-10(1-2-12(11)32-18)26-14(30)8-29-6-5-24-9-29/h1-7,9,27H,8H2,(H2,23,31)(H,26,30)/b18-15-. The Morgan fingerprint density at radius 1 is 1.22 bits per heavy atom. The molecule has 1 aromatic carbocycles. The van der Waals surface area contributed by atoms with Crippen LogP contribution in [0.2, 0.25) is 0 Å². The molecule has 3 heterocycles. The Labute approximate surface area is 183 Å². The number of thioether (sulfide) groups is 1. The largest absolute Gasteiger partial charge is 0.433 e. The lowest BCUT2D eigenvalue weighted by Gasteiger charge is -2.10. The molecule has 164 valence electrons. The fourth-order valence-corrected chi connectivity index (χ4v) is 3.90. The van der Waals surface area contributed by atoms with Crippen LogP contribution in [0.5, 0.6) is 0 Å². The average Bonchev–Trinajstić information content (AvgIpc) is 3.36. The molecule has 1 aliphatic rings. The van der Waals surface area contributed by atoms with E-state index in [9.17, 15) is 22.8 Å². The second-order valence-electron chi connectivity index (χ2n) is 6.55. The van der Waals surface area contributed by atoms with Crippen LogP contribution in [0, 0.1) is 0 Å². The van der Waals surface area contributed by atoms with Gasteiger partial charge in [-0.2, -0.15) is 13.2 Å². The molecule has 0 aliphatic carbocycles. The molecule has 9 nitrogen and oxygen atoms in total. The van der Waals surface area contributed by atoms with Gasteiger partial charge in [-0.1, -0.05) is 11.8 Å². The third-order valence-corrected chi connectivity index (χ3v) is 5.34. The van der Waals surface area contributed by atoms with Crippen LogP contribution in [0.3, 0.4) is 0 Å². The topological polar surface area (TPSA) is 128 Å². The van der Waals surface area contributed by atoms with E-state index in [-0.39, 0.29) is 23.1 Å². The number of hydrogen-bond donors (Lipinski definition) is 3. The van der Waals surface area contributed by atoms with Crippen LogP contribution in [0.15, 0.2) is 59.1 Å². The van der Waals surface area contributed by atoms with Crippen molar-refractivity contribution in [2.45, 2.75) is 17.6 Å². The Kier molecular flexibility index (Phi) is 5.57. The number of anilines is 2. The van der Waals surface area contributed by atoms with Gasteiger partial charge in [0, 0.05) is 29.2 Å². The number of amides is 2. The molecule has 0 bridgehead atoms. The number of hydrogen-bond acceptors (Lipinski definition) is 7. The predicted molar refractivity (Wildman–Crippen MR) is 110 cm³/mol. The van der Waals surface area contributed by atoms with Crippen molar-refractivity contribution < 1.29 is 22.8 Å². The number of rotatable bonds is 5. The summed E-state index contributed by atoms with van der Waals surface area (Å²) >= 11 is 1.09. The number of nitrogens with one attached hydrogen (secondary N) is 2. The summed E-state index contributed by atoms with van der Waals surface area (Å²) in [6, 6.07) is 5.69. The molecular weight excluding hydrogens is 447 g/mol. The fraction of sp³-hybridized carbons (Fsp3) is 0.105. The molecule has 2 amide bonds. The smallest absolute Gasteiger partial charge is 0.365 e. The van der Waals surface area contributed by atoms with Gasteiger partial charge in [-0.15, -0.1) is 0 Å². The quantitative estimate of drug-likeness (QED) is 0.499. The molecule has 0 saturated heterocycles. The van der Waals surface area contributed by atoms with Gasteiger partial charge in [0.2, 0.25) is 5.91 Å². The van der Waals surface area contributed by atoms with Crippen LogP contribution in [0.25, 0.3) is 5.57 Å². The molecule has 3 aromatic rings. The van der Waals surface area contributed by atoms with Crippen molar-refractivity contribution in [3.8, 4) is 0 Å². The number of fused-ring (bicyclic) bond motifs is 1. The SMILES string of the molecule is NC(=O)/C(=C1\Nc2cc(NC(=O)Cn3ccnc3)ccc2S1)c1nccc(C(F)(F)F)n1. The number of primary amides is 1. The molecule has 0 saturated carbocycles. The normalized spacial score (nSPS) is 14.5. The molecule has 0 spiro atoms. The van der Waals surface area contributed by atoms with Gasteiger partial charge >= 0.3 is 6.18 Å². The van der Waals surface area contributed by atoms with E-state index in [4.69, 9.17) is 5.73 Å². The highest BCUT2D eigenvalue weighted by molar-refractivity contribution is 8.04. The average molecular weight is 461 g/mol. The van der Waals surface area contributed by atoms with E-state index in [1.54, 1.807) is 35.2 Å². The van der Waals surface area contributed by atoms with E-state index >= 15 is 0 Å². The van der Waals surface area contributed by atoms with Gasteiger partial charge in [-0.05, 0) is 24.3 Å². The van der Waals surface area contributed by atoms with Crippen molar-refractivity contribution in [1.29, 1.82) is 0 Å². The highest BCUT2D eigenvalue weighted by Gasteiger charge is 2.34. The minimum absolute atomic E-state index is 0.0725. The summed E-state index contributed by atoms with van der Waals surface area (Å²) in [4.78, 5) is 36.0. The highest BCUT2D eigenvalue weighted by Crippen LogP contribution is 2.44. The Balaban J connectivity index is 1.59. The fourth-order valence-electron chi connectivity index (χ4n) is 2.87. The Morgan fingerprint density at radius 2 is 2.03 bits per heavy atom. The molecule has 4 N–H and O–H groups in total. The van der Waals surface area contributed by atoms with E-state index in [0.29, 0.717) is 22.3 Å². The van der Waals surface area contributed by atoms with Crippen molar-refractivity contribution >= 4 is 40.5 Å². The molecule has 0 atom stereocenters. The van der Waals surface area contributed by atoms with E-state index in [1.807, 2.05) is 0 Å². The molecule has 0 radical (unpaired) electrons. The van der Waals surface area contributed by atoms with Crippen LogP contribution in [-0.2, 0) is 22.3 Å². The maximum absolute atomic E-state index is 13.0. The molecule has 2 aromatic heterocycles. The van der Waals surface area contributed by atoms with E-state index in [1.165, 1.54) is 6.33 Å². The second-order valence-corrected chi connectivity index (χ2v) is 7.61. The first-order chi connectivity index (χ1) is 15.2. The number of carbonyl (C=O) groups is 2. The number of halogens is 3. The van der Waals surface area contributed by atoms with Crippen LogP contribution < -0.4 is 16.4 Å². The van der Waals surface area contributed by atoms with Crippen molar-refractivity contribution in [2.24, 2.45) is 5.73 Å². The number of nitrogens with two attached hydrogens (primary N) is 1. The highest BCUT2D eigenvalue weighted by atomic mass is 32.2. The van der Waals surface area contributed by atoms with Gasteiger partial charge in [0.25, 0.3) is 5.91 Å². The monoisotopic (exact) mass is 461 g/mol. The summed E-state index contributed by atoms with van der Waals surface area (Å²) in [6.07, 6.45) is 0.934. The summed E-state index contributed by atoms with van der Waals surface area (Å²) < 4.78 is 40.6. The first kappa shape index (κ1) is 21.4. The first-order valence-electron chi connectivity index (χ1n) is 9.00. The number of imidazole rings is 1. The van der Waals surface area contributed by atoms with Crippen LogP contribution in [-0.4, -0.2) is 31.3 Å². The Hall–Kier alpha value is -3.87. The lowest BCUT2D eigenvalue weighted by molar-refractivity contribution is -0.141. The Morgan fingerprint density at radius 3 is 2.72 bits per heavy atom. The number of alkyl halides is 3. The zero-order valence-corrected chi connectivity index (χ0v) is 16.9. The van der Waals surface area contributed by atoms with Gasteiger partial charge in [0.1, 0.15) is 17.8 Å². The summed E-state index contributed by atoms with van der Waals surface area (Å²) in [5.74, 6) is -1.70. The predicted octanol–water partition coefficient (Wildman–Crippen LogP) is 2.70. The lowest BCUT2D eigenvalue weighted by Crippen LogP contribution is -2.19. The zero-order chi connectivity index (χ0) is 22.9. The Bertz CT molecular complexity index is 1230. The second kappa shape index (κ2) is 8.34. The maximum atomic E-state index is 13.0. The third-order valence-electron chi connectivity index (χ3n) is 4.25. The number of benzene rings is 1. The molecule has 32 heavy (non-hydrogen) atoms. The molecule has 0 fully saturated rings. The van der Waals surface area contributed by atoms with E-state index in [0.717, 1.165) is 18.0 Å². The molecule has 13 heteroatoms. The number of carbonyl (C=O) groups excluding carboxylic acids is 2. The van der Waals surface area contributed by atoms with Gasteiger partial charge in [-0.25, -0.2) is 15.0 Å². The summed E-state index contributed by atoms with van der Waals surface area (Å²) in [5, 5.41) is 5.87. The van der Waals surface area contributed by atoms with Crippen molar-refractivity contribution in [3.05, 3.63) is 65.7 Å². The van der Waals surface area contributed by atoms with Crippen molar-refractivity contribution in [1.82, 2.24) is 19.5 Å². The first-order valence-corrected chi connectivity index (χ1v) is 9.81. The minimum Gasteiger partial charge on any atom is -0.365 e. The van der Waals surface area contributed by atoms with E-state index in [2.05, 4.69) is 25.6 Å². The van der Waals surface area contributed by atoms with Crippen LogP contribution in [0.4, 0.5) is 24.5 Å². The summed E-state index contributed by atoms with van der Waals surface area (Å²) in [5.41, 5.74) is 4.99. The van der Waals surface area contributed by atoms with Gasteiger partial charge in [0.15, 0.2) is 5.82 Å². The van der Waals surface area contributed by atoms with Gasteiger partial charge < -0.3 is 20.9 Å². The third kappa shape index (κ3) is 4.56. The minimum atomic E-state index is -4.70. The van der Waals surface area contributed by atoms with Crippen molar-refractivity contribution in [2.75, 3.05) is 10.6 Å². The summed E-state index contributed by atoms with van der Waals surface area (Å²) in [6.45, 7) is 0.0725. The van der Waals surface area contributed by atoms with Gasteiger partial charge in [-0.3, -0.25) is 9.59 Å². The maximum Gasteiger partial charge on any atom is 0.433 e. The molecule has 0 unspecified atom stereocenters. The summed E-state index contributed by atoms with van der Waals surface area (Å²) in [7, 11) is 0. The van der Waals surface area contributed by atoms with E-state index < -0.39 is 23.6 Å². The zero-order valence-electron chi connectivity index (χ0n) is 16.1.